The molecule has 3 heterocycles. The largest absolute Gasteiger partial charge is 0.333 e. The summed E-state index contributed by atoms with van der Waals surface area (Å²) < 4.78 is 0. The number of amides is 1. The maximum atomic E-state index is 13.0. The van der Waals surface area contributed by atoms with Crippen LogP contribution in [0.2, 0.25) is 0 Å². The zero-order valence-corrected chi connectivity index (χ0v) is 16.5. The number of benzene rings is 1. The first-order chi connectivity index (χ1) is 13.7. The van der Waals surface area contributed by atoms with Crippen LogP contribution >= 0.6 is 11.3 Å². The highest BCUT2D eigenvalue weighted by molar-refractivity contribution is 7.08. The van der Waals surface area contributed by atoms with Crippen molar-refractivity contribution >= 4 is 17.2 Å². The topological polar surface area (TPSA) is 66.1 Å². The normalized spacial score (nSPS) is 16.9. The Labute approximate surface area is 168 Å². The quantitative estimate of drug-likeness (QED) is 0.707. The number of likely N-dealkylation sites (tertiary alicyclic amines) is 1. The van der Waals surface area contributed by atoms with Gasteiger partial charge in [0.15, 0.2) is 0 Å². The second kappa shape index (κ2) is 8.52. The summed E-state index contributed by atoms with van der Waals surface area (Å²) in [6.07, 6.45) is 4.03. The Balaban J connectivity index is 1.55. The third-order valence-corrected chi connectivity index (χ3v) is 5.87. The number of nitrogens with one attached hydrogen (secondary N) is 1. The Kier molecular flexibility index (Phi) is 5.67. The minimum Gasteiger partial charge on any atom is -0.333 e. The molecule has 1 saturated heterocycles. The number of aryl methyl sites for hydroxylation is 1. The van der Waals surface area contributed by atoms with Crippen LogP contribution in [0.5, 0.6) is 0 Å². The second-order valence-corrected chi connectivity index (χ2v) is 7.89. The number of aromatic nitrogens is 2. The maximum Gasteiger partial charge on any atom is 0.251 e. The van der Waals surface area contributed by atoms with Gasteiger partial charge in [-0.3, -0.25) is 9.59 Å². The SMILES string of the molecule is O=C(CCc1ccccc1)N1CCCC[C@H]1c1nc(-c2ccsc2)cc(=O)[nH]1. The molecule has 1 aliphatic rings. The van der Waals surface area contributed by atoms with E-state index in [-0.39, 0.29) is 17.5 Å². The van der Waals surface area contributed by atoms with E-state index < -0.39 is 0 Å². The van der Waals surface area contributed by atoms with Crippen LogP contribution in [0.3, 0.4) is 0 Å². The number of hydrogen-bond acceptors (Lipinski definition) is 4. The van der Waals surface area contributed by atoms with E-state index in [2.05, 4.69) is 4.98 Å². The molecule has 2 aromatic heterocycles. The van der Waals surface area contributed by atoms with Gasteiger partial charge < -0.3 is 9.88 Å². The summed E-state index contributed by atoms with van der Waals surface area (Å²) in [5, 5.41) is 3.95. The molecule has 1 fully saturated rings. The third kappa shape index (κ3) is 4.22. The molecule has 0 bridgehead atoms. The number of hydrogen-bond donors (Lipinski definition) is 1. The first-order valence-corrected chi connectivity index (χ1v) is 10.6. The van der Waals surface area contributed by atoms with Crippen molar-refractivity contribution in [3.05, 3.63) is 75.0 Å². The van der Waals surface area contributed by atoms with Crippen LogP contribution in [0.4, 0.5) is 0 Å². The lowest BCUT2D eigenvalue weighted by atomic mass is 9.99. The molecule has 6 heteroatoms. The van der Waals surface area contributed by atoms with Crippen LogP contribution in [-0.2, 0) is 11.2 Å². The molecule has 0 radical (unpaired) electrons. The lowest BCUT2D eigenvalue weighted by Gasteiger charge is -2.35. The molecule has 1 amide bonds. The second-order valence-electron chi connectivity index (χ2n) is 7.11. The van der Waals surface area contributed by atoms with Crippen LogP contribution in [-0.4, -0.2) is 27.3 Å². The van der Waals surface area contributed by atoms with Crippen LogP contribution in [0, 0.1) is 0 Å². The summed E-state index contributed by atoms with van der Waals surface area (Å²) >= 11 is 1.57. The molecule has 144 valence electrons. The zero-order valence-electron chi connectivity index (χ0n) is 15.6. The monoisotopic (exact) mass is 393 g/mol. The van der Waals surface area contributed by atoms with Crippen molar-refractivity contribution in [2.75, 3.05) is 6.54 Å². The molecule has 5 nitrogen and oxygen atoms in total. The highest BCUT2D eigenvalue weighted by Crippen LogP contribution is 2.30. The molecule has 1 aliphatic heterocycles. The Morgan fingerprint density at radius 1 is 1.21 bits per heavy atom. The Morgan fingerprint density at radius 2 is 2.07 bits per heavy atom. The number of aromatic amines is 1. The van der Waals surface area contributed by atoms with Crippen molar-refractivity contribution in [3.8, 4) is 11.3 Å². The molecule has 1 atom stereocenters. The minimum absolute atomic E-state index is 0.122. The van der Waals surface area contributed by atoms with E-state index in [0.717, 1.165) is 36.8 Å². The number of carbonyl (C=O) groups excluding carboxylic acids is 1. The Morgan fingerprint density at radius 3 is 2.86 bits per heavy atom. The summed E-state index contributed by atoms with van der Waals surface area (Å²) in [5.41, 5.74) is 2.60. The van der Waals surface area contributed by atoms with Crippen LogP contribution < -0.4 is 5.56 Å². The molecular weight excluding hydrogens is 370 g/mol. The van der Waals surface area contributed by atoms with Crippen molar-refractivity contribution in [1.82, 2.24) is 14.9 Å². The highest BCUT2D eigenvalue weighted by atomic mass is 32.1. The number of nitrogens with zero attached hydrogens (tertiary/aromatic N) is 2. The van der Waals surface area contributed by atoms with E-state index in [0.29, 0.717) is 24.5 Å². The van der Waals surface area contributed by atoms with Gasteiger partial charge in [-0.25, -0.2) is 4.98 Å². The fourth-order valence-corrected chi connectivity index (χ4v) is 4.40. The van der Waals surface area contributed by atoms with Crippen LogP contribution in [0.1, 0.15) is 43.1 Å². The molecule has 28 heavy (non-hydrogen) atoms. The zero-order chi connectivity index (χ0) is 19.3. The van der Waals surface area contributed by atoms with Gasteiger partial charge in [-0.15, -0.1) is 0 Å². The molecule has 1 aromatic carbocycles. The van der Waals surface area contributed by atoms with Gasteiger partial charge >= 0.3 is 0 Å². The van der Waals surface area contributed by atoms with Crippen molar-refractivity contribution < 1.29 is 4.79 Å². The summed E-state index contributed by atoms with van der Waals surface area (Å²) in [6.45, 7) is 0.713. The van der Waals surface area contributed by atoms with E-state index in [1.54, 1.807) is 11.3 Å². The number of rotatable bonds is 5. The lowest BCUT2D eigenvalue weighted by Crippen LogP contribution is -2.40. The Hall–Kier alpha value is -2.73. The molecular formula is C22H23N3O2S. The smallest absolute Gasteiger partial charge is 0.251 e. The van der Waals surface area contributed by atoms with Gasteiger partial charge in [0.1, 0.15) is 5.82 Å². The number of H-pyrrole nitrogens is 1. The van der Waals surface area contributed by atoms with E-state index in [4.69, 9.17) is 4.98 Å². The molecule has 3 aromatic rings. The third-order valence-electron chi connectivity index (χ3n) is 5.19. The van der Waals surface area contributed by atoms with Crippen LogP contribution in [0.25, 0.3) is 11.3 Å². The van der Waals surface area contributed by atoms with Gasteiger partial charge in [0, 0.05) is 30.0 Å². The average molecular weight is 394 g/mol. The number of piperidine rings is 1. The molecule has 0 spiro atoms. The average Bonchev–Trinajstić information content (AvgIpc) is 3.27. The van der Waals surface area contributed by atoms with Gasteiger partial charge in [-0.05, 0) is 42.7 Å². The fraction of sp³-hybridized carbons (Fsp3) is 0.318. The van der Waals surface area contributed by atoms with Gasteiger partial charge in [-0.1, -0.05) is 30.3 Å². The standard InChI is InChI=1S/C22H23N3O2S/c26-20-14-18(17-11-13-28-15-17)23-22(24-20)19-8-4-5-12-25(19)21(27)10-9-16-6-2-1-3-7-16/h1-3,6-7,11,13-15,19H,4-5,8-10,12H2,(H,23,24,26)/t19-/m0/s1. The van der Waals surface area contributed by atoms with E-state index in [1.165, 1.54) is 6.07 Å². The van der Waals surface area contributed by atoms with Gasteiger partial charge in [-0.2, -0.15) is 11.3 Å². The lowest BCUT2D eigenvalue weighted by molar-refractivity contribution is -0.135. The first kappa shape index (κ1) is 18.6. The fourth-order valence-electron chi connectivity index (χ4n) is 3.75. The predicted octanol–water partition coefficient (Wildman–Crippen LogP) is 4.18. The summed E-state index contributed by atoms with van der Waals surface area (Å²) in [7, 11) is 0. The Bertz CT molecular complexity index is 983. The van der Waals surface area contributed by atoms with Gasteiger partial charge in [0.25, 0.3) is 5.56 Å². The first-order valence-electron chi connectivity index (χ1n) is 9.68. The summed E-state index contributed by atoms with van der Waals surface area (Å²) in [5.74, 6) is 0.721. The van der Waals surface area contributed by atoms with Crippen molar-refractivity contribution in [2.45, 2.75) is 38.1 Å². The molecule has 0 aliphatic carbocycles. The van der Waals surface area contributed by atoms with Crippen molar-refractivity contribution in [2.24, 2.45) is 0 Å². The molecule has 0 saturated carbocycles. The highest BCUT2D eigenvalue weighted by Gasteiger charge is 2.29. The molecule has 0 unspecified atom stereocenters. The summed E-state index contributed by atoms with van der Waals surface area (Å²) in [6, 6.07) is 13.4. The number of thiophene rings is 1. The van der Waals surface area contributed by atoms with Crippen molar-refractivity contribution in [1.29, 1.82) is 0 Å². The molecule has 1 N–H and O–H groups in total. The van der Waals surface area contributed by atoms with E-state index >= 15 is 0 Å². The predicted molar refractivity (Wildman–Crippen MR) is 111 cm³/mol. The summed E-state index contributed by atoms with van der Waals surface area (Å²) in [4.78, 5) is 34.7. The molecule has 4 rings (SSSR count). The number of carbonyl (C=O) groups is 1. The van der Waals surface area contributed by atoms with Crippen molar-refractivity contribution in [3.63, 3.8) is 0 Å². The van der Waals surface area contributed by atoms with E-state index in [1.807, 2.05) is 52.1 Å². The van der Waals surface area contributed by atoms with Crippen LogP contribution in [0.15, 0.2) is 58.0 Å². The van der Waals surface area contributed by atoms with E-state index in [9.17, 15) is 9.59 Å². The van der Waals surface area contributed by atoms with Gasteiger partial charge in [0.05, 0.1) is 11.7 Å². The maximum absolute atomic E-state index is 13.0. The minimum atomic E-state index is -0.173. The van der Waals surface area contributed by atoms with Gasteiger partial charge in [0.2, 0.25) is 5.91 Å².